The molecule has 2 aromatic carbocycles. The minimum Gasteiger partial charge on any atom is -0.491 e. The lowest BCUT2D eigenvalue weighted by molar-refractivity contribution is -0.137. The lowest BCUT2D eigenvalue weighted by Gasteiger charge is -2.31. The lowest BCUT2D eigenvalue weighted by atomic mass is 9.91. The van der Waals surface area contributed by atoms with Crippen molar-refractivity contribution in [3.8, 4) is 5.75 Å². The highest BCUT2D eigenvalue weighted by Gasteiger charge is 2.29. The SMILES string of the molecule is CC.CCCc1cc(Cl)ccc1C1COc2ccc3cc2N(CCC(CC)C(OC)/C=C/COC(C)(C)C(=O)N=[S-]3=O)C1.N. The number of benzene rings is 2. The highest BCUT2D eigenvalue weighted by Crippen LogP contribution is 2.38. The third-order valence-corrected chi connectivity index (χ3v) is 9.22. The molecular weight excluding hydrogens is 598 g/mol. The van der Waals surface area contributed by atoms with E-state index in [2.05, 4.69) is 35.2 Å². The second-order valence-corrected chi connectivity index (χ2v) is 12.8. The second-order valence-electron chi connectivity index (χ2n) is 11.2. The summed E-state index contributed by atoms with van der Waals surface area (Å²) in [6, 6.07) is 11.6. The first-order valence-corrected chi connectivity index (χ1v) is 17.0. The lowest BCUT2D eigenvalue weighted by Crippen LogP contribution is -2.34. The third-order valence-electron chi connectivity index (χ3n) is 8.00. The van der Waals surface area contributed by atoms with E-state index < -0.39 is 22.1 Å². The minimum atomic E-state index is -1.88. The Balaban J connectivity index is 0.00000220. The molecular formula is C34H51ClN3O5S-. The molecule has 0 aromatic heterocycles. The maximum Gasteiger partial charge on any atom is 0.254 e. The summed E-state index contributed by atoms with van der Waals surface area (Å²) in [6.45, 7) is 13.9. The van der Waals surface area contributed by atoms with E-state index in [0.717, 1.165) is 55.2 Å². The summed E-state index contributed by atoms with van der Waals surface area (Å²) in [7, 11) is -0.157. The van der Waals surface area contributed by atoms with Crippen LogP contribution in [-0.4, -0.2) is 51.0 Å². The van der Waals surface area contributed by atoms with Gasteiger partial charge in [0.25, 0.3) is 5.91 Å². The van der Waals surface area contributed by atoms with E-state index in [9.17, 15) is 9.00 Å². The van der Waals surface area contributed by atoms with Crippen molar-refractivity contribution in [3.05, 3.63) is 64.7 Å². The molecule has 246 valence electrons. The van der Waals surface area contributed by atoms with Crippen LogP contribution in [0.3, 0.4) is 0 Å². The molecule has 10 heteroatoms. The summed E-state index contributed by atoms with van der Waals surface area (Å²) in [5.74, 6) is 0.540. The van der Waals surface area contributed by atoms with Gasteiger partial charge in [-0.1, -0.05) is 81.3 Å². The highest BCUT2D eigenvalue weighted by molar-refractivity contribution is 7.75. The van der Waals surface area contributed by atoms with Crippen LogP contribution in [0.15, 0.2) is 57.8 Å². The summed E-state index contributed by atoms with van der Waals surface area (Å²) < 4.78 is 35.4. The molecule has 8 nitrogen and oxygen atoms in total. The number of aryl methyl sites for hydroxylation is 1. The number of halogens is 1. The second kappa shape index (κ2) is 17.9. The molecule has 2 aliphatic rings. The molecule has 2 bridgehead atoms. The zero-order valence-corrected chi connectivity index (χ0v) is 29.0. The summed E-state index contributed by atoms with van der Waals surface area (Å²) in [6.07, 6.45) is 7.60. The van der Waals surface area contributed by atoms with Gasteiger partial charge in [0.2, 0.25) is 0 Å². The number of fused-ring (bicyclic) bond motifs is 1. The monoisotopic (exact) mass is 648 g/mol. The summed E-state index contributed by atoms with van der Waals surface area (Å²) in [5.41, 5.74) is 2.13. The first kappa shape index (κ1) is 37.8. The van der Waals surface area contributed by atoms with Gasteiger partial charge < -0.3 is 33.8 Å². The van der Waals surface area contributed by atoms with Gasteiger partial charge in [-0.2, -0.15) is 10.6 Å². The molecule has 0 saturated carbocycles. The predicted molar refractivity (Wildman–Crippen MR) is 181 cm³/mol. The van der Waals surface area contributed by atoms with Gasteiger partial charge >= 0.3 is 0 Å². The third kappa shape index (κ3) is 9.54. The zero-order valence-electron chi connectivity index (χ0n) is 27.4. The topological polar surface area (TPSA) is 112 Å². The normalized spacial score (nSPS) is 23.1. The first-order valence-electron chi connectivity index (χ1n) is 15.5. The molecule has 0 saturated heterocycles. The summed E-state index contributed by atoms with van der Waals surface area (Å²) in [4.78, 5) is 15.7. The largest absolute Gasteiger partial charge is 0.491 e. The van der Waals surface area contributed by atoms with Crippen LogP contribution in [0.4, 0.5) is 5.69 Å². The molecule has 3 N–H and O–H groups in total. The Bertz CT molecular complexity index is 1340. The van der Waals surface area contributed by atoms with E-state index in [1.807, 2.05) is 44.2 Å². The molecule has 3 atom stereocenters. The molecule has 1 amide bonds. The Morgan fingerprint density at radius 1 is 1.16 bits per heavy atom. The quantitative estimate of drug-likeness (QED) is 0.256. The molecule has 2 heterocycles. The number of rotatable bonds is 5. The van der Waals surface area contributed by atoms with E-state index in [0.29, 0.717) is 11.5 Å². The van der Waals surface area contributed by atoms with E-state index in [-0.39, 0.29) is 30.7 Å². The van der Waals surface area contributed by atoms with Crippen molar-refractivity contribution >= 4 is 33.8 Å². The number of nitrogens with zero attached hydrogens (tertiary/aromatic N) is 2. The Kier molecular flexibility index (Phi) is 15.4. The fraction of sp³-hybridized carbons (Fsp3) is 0.559. The van der Waals surface area contributed by atoms with Gasteiger partial charge in [0, 0.05) is 31.1 Å². The van der Waals surface area contributed by atoms with Crippen molar-refractivity contribution in [2.45, 2.75) is 89.7 Å². The summed E-state index contributed by atoms with van der Waals surface area (Å²) >= 11 is 6.38. The van der Waals surface area contributed by atoms with Gasteiger partial charge in [-0.3, -0.25) is 4.79 Å². The van der Waals surface area contributed by atoms with Gasteiger partial charge in [0.05, 0.1) is 25.0 Å². The number of hydrogen-bond donors (Lipinski definition) is 1. The van der Waals surface area contributed by atoms with Crippen LogP contribution in [0.1, 0.15) is 77.8 Å². The van der Waals surface area contributed by atoms with Gasteiger partial charge in [-0.25, -0.2) is 0 Å². The molecule has 0 fully saturated rings. The molecule has 2 aliphatic heterocycles. The van der Waals surface area contributed by atoms with Crippen LogP contribution in [0.25, 0.3) is 0 Å². The number of amides is 1. The fourth-order valence-corrected chi connectivity index (χ4v) is 6.60. The van der Waals surface area contributed by atoms with Crippen LogP contribution in [0.5, 0.6) is 5.75 Å². The average Bonchev–Trinajstić information content (AvgIpc) is 3.18. The fourth-order valence-electron chi connectivity index (χ4n) is 5.54. The van der Waals surface area contributed by atoms with Crippen molar-refractivity contribution in [2.75, 3.05) is 38.3 Å². The maximum atomic E-state index is 13.3. The molecule has 4 rings (SSSR count). The van der Waals surface area contributed by atoms with Crippen molar-refractivity contribution < 1.29 is 23.2 Å². The first-order chi connectivity index (χ1) is 20.7. The van der Waals surface area contributed by atoms with Gasteiger partial charge in [-0.15, -0.1) is 0 Å². The van der Waals surface area contributed by atoms with Crippen molar-refractivity contribution in [2.24, 2.45) is 10.3 Å². The Labute approximate surface area is 271 Å². The van der Waals surface area contributed by atoms with E-state index in [1.54, 1.807) is 27.0 Å². The number of methoxy groups -OCH3 is 1. The molecule has 0 radical (unpaired) electrons. The van der Waals surface area contributed by atoms with E-state index in [4.69, 9.17) is 25.8 Å². The standard InChI is InChI=1S/C32H42ClN2O5S.C2H6.H3N/c1-6-9-23-18-25(33)11-13-27(23)24-20-35-16-15-22(7-2)29(38-5)10-8-17-40-32(3,4)31(36)34-41(37)26-12-14-30(39-21-24)28(35)19-26;1-2;/h8,10-14,18-19,22,24,29H,6-7,9,15-17,20-21H2,1-5H3;1-2H3;1H3/q-1;;/b10-8+;;. The van der Waals surface area contributed by atoms with Crippen molar-refractivity contribution in [1.29, 1.82) is 0 Å². The number of carbonyl (C=O) groups is 1. The van der Waals surface area contributed by atoms with Crippen LogP contribution < -0.4 is 15.8 Å². The number of anilines is 1. The smallest absolute Gasteiger partial charge is 0.254 e. The van der Waals surface area contributed by atoms with Gasteiger partial charge in [-0.05, 0) is 68.0 Å². The molecule has 0 aliphatic carbocycles. The number of carbonyl (C=O) groups excluding carboxylic acids is 1. The zero-order chi connectivity index (χ0) is 31.6. The predicted octanol–water partition coefficient (Wildman–Crippen LogP) is 8.29. The Morgan fingerprint density at radius 2 is 1.91 bits per heavy atom. The average molecular weight is 649 g/mol. The van der Waals surface area contributed by atoms with Crippen LogP contribution in [-0.2, 0) is 35.5 Å². The maximum absolute atomic E-state index is 13.3. The minimum absolute atomic E-state index is 0. The van der Waals surface area contributed by atoms with E-state index in [1.165, 1.54) is 11.1 Å². The molecule has 0 spiro atoms. The van der Waals surface area contributed by atoms with Crippen LogP contribution in [0, 0.1) is 5.92 Å². The highest BCUT2D eigenvalue weighted by atomic mass is 35.5. The Hall–Kier alpha value is -2.43. The van der Waals surface area contributed by atoms with Gasteiger partial charge in [0.15, 0.2) is 0 Å². The van der Waals surface area contributed by atoms with Crippen LogP contribution >= 0.6 is 11.6 Å². The van der Waals surface area contributed by atoms with Crippen molar-refractivity contribution in [1.82, 2.24) is 6.15 Å². The number of ether oxygens (including phenoxy) is 3. The number of hydrogen-bond acceptors (Lipinski definition) is 8. The molecule has 44 heavy (non-hydrogen) atoms. The molecule has 2 aromatic rings. The van der Waals surface area contributed by atoms with Gasteiger partial charge in [0.1, 0.15) is 11.4 Å². The van der Waals surface area contributed by atoms with E-state index >= 15 is 0 Å². The van der Waals surface area contributed by atoms with Crippen molar-refractivity contribution in [3.63, 3.8) is 0 Å². The Morgan fingerprint density at radius 3 is 2.59 bits per heavy atom. The summed E-state index contributed by atoms with van der Waals surface area (Å²) in [5, 5.41) is 0.739. The van der Waals surface area contributed by atoms with Crippen LogP contribution in [0.2, 0.25) is 5.02 Å². The molecule has 3 unspecified atom stereocenters.